The van der Waals surface area contributed by atoms with Gasteiger partial charge in [-0.1, -0.05) is 46.6 Å². The van der Waals surface area contributed by atoms with Crippen LogP contribution in [0.15, 0.2) is 46.6 Å². The van der Waals surface area contributed by atoms with Gasteiger partial charge >= 0.3 is 0 Å². The Morgan fingerprint density at radius 3 is 1.56 bits per heavy atom. The summed E-state index contributed by atoms with van der Waals surface area (Å²) in [5.74, 6) is 0. The maximum atomic E-state index is 8.43. The molecule has 0 atom stereocenters. The van der Waals surface area contributed by atoms with E-state index in [-0.39, 0.29) is 0 Å². The molecule has 0 saturated heterocycles. The molecule has 0 saturated carbocycles. The normalized spacial score (nSPS) is 9.25. The highest BCUT2D eigenvalue weighted by atomic mass is 15.1. The summed E-state index contributed by atoms with van der Waals surface area (Å²) in [7, 11) is 0. The number of rotatable bonds is 2. The molecule has 0 fully saturated rings. The monoisotopic (exact) mass is 210 g/mol. The summed E-state index contributed by atoms with van der Waals surface area (Å²) in [6, 6.07) is 10.6. The summed E-state index contributed by atoms with van der Waals surface area (Å²) < 4.78 is 0. The van der Waals surface area contributed by atoms with E-state index in [1.807, 2.05) is 24.3 Å². The van der Waals surface area contributed by atoms with Crippen molar-refractivity contribution in [2.45, 2.75) is 0 Å². The highest BCUT2D eigenvalue weighted by Gasteiger charge is 2.02. The number of hydrogen-bond donors (Lipinski definition) is 0. The van der Waals surface area contributed by atoms with Crippen LogP contribution in [0.2, 0.25) is 0 Å². The van der Waals surface area contributed by atoms with Gasteiger partial charge in [-0.2, -0.15) is 0 Å². The molecular weight excluding hydrogens is 204 g/mol. The summed E-state index contributed by atoms with van der Waals surface area (Å²) in [5.41, 5.74) is 17.9. The minimum absolute atomic E-state index is 0.523. The summed E-state index contributed by atoms with van der Waals surface area (Å²) in [6.45, 7) is 0. The van der Waals surface area contributed by atoms with E-state index in [4.69, 9.17) is 11.1 Å². The van der Waals surface area contributed by atoms with Crippen LogP contribution in [0.3, 0.4) is 0 Å². The van der Waals surface area contributed by atoms with Gasteiger partial charge in [0.15, 0.2) is 0 Å². The van der Waals surface area contributed by atoms with E-state index < -0.39 is 0 Å². The second-order valence-corrected chi connectivity index (χ2v) is 3.03. The zero-order chi connectivity index (χ0) is 11.4. The molecule has 2 aromatic carbocycles. The summed E-state index contributed by atoms with van der Waals surface area (Å²) in [5, 5.41) is 8.70. The molecule has 0 aromatic heterocycles. The van der Waals surface area contributed by atoms with Crippen molar-refractivity contribution >= 4 is 22.1 Å². The van der Waals surface area contributed by atoms with Crippen LogP contribution in [0.1, 0.15) is 0 Å². The first kappa shape index (κ1) is 9.86. The fourth-order valence-corrected chi connectivity index (χ4v) is 1.54. The van der Waals surface area contributed by atoms with Crippen LogP contribution >= 0.6 is 0 Å². The second-order valence-electron chi connectivity index (χ2n) is 3.03. The third-order valence-electron chi connectivity index (χ3n) is 2.18. The van der Waals surface area contributed by atoms with Gasteiger partial charge in [-0.3, -0.25) is 0 Å². The molecule has 0 aliphatic heterocycles. The van der Waals surface area contributed by atoms with E-state index >= 15 is 0 Å². The maximum Gasteiger partial charge on any atom is 0.0453 e. The van der Waals surface area contributed by atoms with Crippen molar-refractivity contribution in [1.29, 1.82) is 0 Å². The first-order valence-electron chi connectivity index (χ1n) is 4.49. The van der Waals surface area contributed by atoms with Crippen molar-refractivity contribution in [3.8, 4) is 0 Å². The van der Waals surface area contributed by atoms with Crippen LogP contribution < -0.4 is 0 Å². The van der Waals surface area contributed by atoms with Gasteiger partial charge < -0.3 is 0 Å². The minimum Gasteiger partial charge on any atom is -0.0616 e. The number of azide groups is 2. The van der Waals surface area contributed by atoms with E-state index in [1.54, 1.807) is 12.1 Å². The lowest BCUT2D eigenvalue weighted by Gasteiger charge is -2.03. The Morgan fingerprint density at radius 1 is 0.750 bits per heavy atom. The topological polar surface area (TPSA) is 97.5 Å². The van der Waals surface area contributed by atoms with Crippen LogP contribution in [0.4, 0.5) is 11.4 Å². The predicted octanol–water partition coefficient (Wildman–Crippen LogP) is 4.72. The van der Waals surface area contributed by atoms with Gasteiger partial charge in [0.25, 0.3) is 0 Å². The minimum atomic E-state index is 0.523. The van der Waals surface area contributed by atoms with Crippen LogP contribution in [-0.4, -0.2) is 0 Å². The predicted molar refractivity (Wildman–Crippen MR) is 61.6 cm³/mol. The SMILES string of the molecule is [N-]=[N+]=Nc1ccc(N=[N+]=[N-])c2ccccc12. The number of hydrogen-bond acceptors (Lipinski definition) is 2. The Balaban J connectivity index is 2.86. The molecular formula is C10H6N6. The Kier molecular flexibility index (Phi) is 2.61. The van der Waals surface area contributed by atoms with E-state index in [0.29, 0.717) is 11.4 Å². The zero-order valence-electron chi connectivity index (χ0n) is 8.15. The van der Waals surface area contributed by atoms with Crippen molar-refractivity contribution in [1.82, 2.24) is 0 Å². The van der Waals surface area contributed by atoms with Crippen molar-refractivity contribution in [2.24, 2.45) is 10.2 Å². The zero-order valence-corrected chi connectivity index (χ0v) is 8.15. The average molecular weight is 210 g/mol. The standard InChI is InChI=1S/C10H6N6/c11-15-13-9-5-6-10(14-16-12)8-4-2-1-3-7(8)9/h1-6H. The second kappa shape index (κ2) is 4.23. The summed E-state index contributed by atoms with van der Waals surface area (Å²) in [4.78, 5) is 5.51. The Bertz CT molecular complexity index is 578. The third-order valence-corrected chi connectivity index (χ3v) is 2.18. The van der Waals surface area contributed by atoms with E-state index in [1.165, 1.54) is 0 Å². The molecule has 0 unspecified atom stereocenters. The Morgan fingerprint density at radius 2 is 1.19 bits per heavy atom. The van der Waals surface area contributed by atoms with Crippen LogP contribution in [0.5, 0.6) is 0 Å². The molecule has 76 valence electrons. The molecule has 0 amide bonds. The molecule has 0 spiro atoms. The molecule has 2 rings (SSSR count). The van der Waals surface area contributed by atoms with Gasteiger partial charge in [0.05, 0.1) is 0 Å². The molecule has 0 heterocycles. The van der Waals surface area contributed by atoms with Crippen molar-refractivity contribution in [2.75, 3.05) is 0 Å². The molecule has 6 nitrogen and oxygen atoms in total. The first-order chi connectivity index (χ1) is 7.86. The average Bonchev–Trinajstić information content (AvgIpc) is 2.33. The molecule has 0 bridgehead atoms. The van der Waals surface area contributed by atoms with Crippen LogP contribution in [0, 0.1) is 0 Å². The molecule has 0 aliphatic rings. The van der Waals surface area contributed by atoms with Gasteiger partial charge in [-0.15, -0.1) is 0 Å². The molecule has 6 heteroatoms. The highest BCUT2D eigenvalue weighted by Crippen LogP contribution is 2.33. The van der Waals surface area contributed by atoms with Crippen LogP contribution in [0.25, 0.3) is 31.7 Å². The molecule has 0 N–H and O–H groups in total. The van der Waals surface area contributed by atoms with Crippen molar-refractivity contribution < 1.29 is 0 Å². The van der Waals surface area contributed by atoms with E-state index in [2.05, 4.69) is 20.1 Å². The molecule has 2 aromatic rings. The van der Waals surface area contributed by atoms with Gasteiger partial charge in [-0.25, -0.2) is 0 Å². The maximum absolute atomic E-state index is 8.43. The van der Waals surface area contributed by atoms with Gasteiger partial charge in [-0.05, 0) is 21.8 Å². The Hall–Kier alpha value is -2.68. The lowest BCUT2D eigenvalue weighted by atomic mass is 10.1. The van der Waals surface area contributed by atoms with Gasteiger partial charge in [0.1, 0.15) is 0 Å². The number of nitrogens with zero attached hydrogens (tertiary/aromatic N) is 6. The Labute approximate surface area is 90.4 Å². The summed E-state index contributed by atoms with van der Waals surface area (Å²) >= 11 is 0. The fraction of sp³-hybridized carbons (Fsp3) is 0. The van der Waals surface area contributed by atoms with E-state index in [0.717, 1.165) is 10.8 Å². The number of benzene rings is 2. The van der Waals surface area contributed by atoms with Gasteiger partial charge in [0.2, 0.25) is 0 Å². The number of fused-ring (bicyclic) bond motifs is 1. The lowest BCUT2D eigenvalue weighted by molar-refractivity contribution is 1.47. The lowest BCUT2D eigenvalue weighted by Crippen LogP contribution is -1.73. The first-order valence-corrected chi connectivity index (χ1v) is 4.49. The quantitative estimate of drug-likeness (QED) is 0.389. The smallest absolute Gasteiger partial charge is 0.0453 e. The van der Waals surface area contributed by atoms with Crippen molar-refractivity contribution in [3.63, 3.8) is 0 Å². The van der Waals surface area contributed by atoms with Gasteiger partial charge in [0, 0.05) is 21.2 Å². The highest BCUT2D eigenvalue weighted by molar-refractivity contribution is 5.99. The fourth-order valence-electron chi connectivity index (χ4n) is 1.54. The largest absolute Gasteiger partial charge is 0.0616 e. The molecule has 0 radical (unpaired) electrons. The molecule has 0 aliphatic carbocycles. The molecule has 16 heavy (non-hydrogen) atoms. The summed E-state index contributed by atoms with van der Waals surface area (Å²) in [6.07, 6.45) is 0. The van der Waals surface area contributed by atoms with E-state index in [9.17, 15) is 0 Å². The van der Waals surface area contributed by atoms with Crippen molar-refractivity contribution in [3.05, 3.63) is 57.3 Å². The third kappa shape index (κ3) is 1.62. The van der Waals surface area contributed by atoms with Crippen LogP contribution in [-0.2, 0) is 0 Å².